The highest BCUT2D eigenvalue weighted by Gasteiger charge is 2.31. The second-order valence-corrected chi connectivity index (χ2v) is 13.6. The molecule has 4 heteroatoms. The standard InChI is InChI=1S/C37H47NOS2/c1-3-5-7-9-10-11-12-13-17-30-31-26-29-25-28(35-18-15-23-40-35)20-21-33(29)38(22-14-8-6-4-2)34(31)27-32(37(30)39)36-19-16-24-41-36/h15-16,18-21,23-27,33,39H,3-14,17,22H2,1-2H3. The first-order valence-corrected chi connectivity index (χ1v) is 17.8. The van der Waals surface area contributed by atoms with E-state index in [4.69, 9.17) is 0 Å². The van der Waals surface area contributed by atoms with Gasteiger partial charge in [0.1, 0.15) is 5.75 Å². The van der Waals surface area contributed by atoms with Gasteiger partial charge in [-0.3, -0.25) is 0 Å². The third kappa shape index (κ3) is 7.27. The maximum atomic E-state index is 11.8. The normalized spacial score (nSPS) is 16.0. The number of thiophene rings is 2. The molecule has 0 saturated carbocycles. The second-order valence-electron chi connectivity index (χ2n) is 11.7. The second kappa shape index (κ2) is 15.1. The van der Waals surface area contributed by atoms with Crippen molar-refractivity contribution in [1.29, 1.82) is 0 Å². The Hall–Kier alpha value is -2.56. The molecule has 2 nitrogen and oxygen atoms in total. The Kier molecular flexibility index (Phi) is 11.0. The Morgan fingerprint density at radius 2 is 1.44 bits per heavy atom. The van der Waals surface area contributed by atoms with Crippen LogP contribution in [0.4, 0.5) is 5.69 Å². The predicted molar refractivity (Wildman–Crippen MR) is 182 cm³/mol. The molecule has 218 valence electrons. The van der Waals surface area contributed by atoms with E-state index in [0.29, 0.717) is 5.75 Å². The zero-order valence-electron chi connectivity index (χ0n) is 25.0. The fourth-order valence-corrected chi connectivity index (χ4v) is 7.81. The summed E-state index contributed by atoms with van der Waals surface area (Å²) in [6.07, 6.45) is 25.8. The van der Waals surface area contributed by atoms with Crippen molar-refractivity contribution in [3.8, 4) is 16.2 Å². The number of aromatic hydroxyl groups is 1. The molecule has 3 aromatic rings. The molecule has 0 amide bonds. The number of unbranched alkanes of at least 4 members (excludes halogenated alkanes) is 10. The van der Waals surface area contributed by atoms with Crippen molar-refractivity contribution in [2.75, 3.05) is 11.4 Å². The molecule has 1 N–H and O–H groups in total. The minimum Gasteiger partial charge on any atom is -0.507 e. The molecule has 5 rings (SSSR count). The number of nitrogens with zero attached hydrogens (tertiary/aromatic N) is 1. The molecule has 2 aliphatic rings. The highest BCUT2D eigenvalue weighted by atomic mass is 32.1. The summed E-state index contributed by atoms with van der Waals surface area (Å²) in [4.78, 5) is 5.10. The van der Waals surface area contributed by atoms with E-state index >= 15 is 0 Å². The number of anilines is 1. The number of hydrogen-bond donors (Lipinski definition) is 1. The fourth-order valence-electron chi connectivity index (χ4n) is 6.35. The average Bonchev–Trinajstić information content (AvgIpc) is 3.72. The van der Waals surface area contributed by atoms with E-state index in [1.54, 1.807) is 22.7 Å². The summed E-state index contributed by atoms with van der Waals surface area (Å²) in [5, 5.41) is 16.1. The van der Waals surface area contributed by atoms with Crippen molar-refractivity contribution in [2.24, 2.45) is 0 Å². The van der Waals surface area contributed by atoms with Crippen molar-refractivity contribution in [1.82, 2.24) is 0 Å². The van der Waals surface area contributed by atoms with Gasteiger partial charge in [0.05, 0.1) is 6.04 Å². The lowest BCUT2D eigenvalue weighted by atomic mass is 9.85. The Bertz CT molecular complexity index is 1330. The summed E-state index contributed by atoms with van der Waals surface area (Å²) >= 11 is 3.52. The van der Waals surface area contributed by atoms with Gasteiger partial charge in [-0.05, 0) is 71.5 Å². The summed E-state index contributed by atoms with van der Waals surface area (Å²) in [5.41, 5.74) is 7.31. The molecule has 0 saturated heterocycles. The first-order chi connectivity index (χ1) is 20.2. The third-order valence-corrected chi connectivity index (χ3v) is 10.4. The van der Waals surface area contributed by atoms with E-state index < -0.39 is 0 Å². The van der Waals surface area contributed by atoms with Crippen LogP contribution in [0, 0.1) is 0 Å². The minimum absolute atomic E-state index is 0.240. The molecule has 1 unspecified atom stereocenters. The maximum Gasteiger partial charge on any atom is 0.128 e. The Morgan fingerprint density at radius 1 is 0.780 bits per heavy atom. The lowest BCUT2D eigenvalue weighted by molar-refractivity contribution is 0.467. The Morgan fingerprint density at radius 3 is 2.12 bits per heavy atom. The van der Waals surface area contributed by atoms with Crippen molar-refractivity contribution < 1.29 is 5.11 Å². The van der Waals surface area contributed by atoms with Crippen LogP contribution in [0.15, 0.2) is 64.9 Å². The van der Waals surface area contributed by atoms with Crippen molar-refractivity contribution in [3.63, 3.8) is 0 Å². The highest BCUT2D eigenvalue weighted by molar-refractivity contribution is 7.13. The Labute approximate surface area is 256 Å². The lowest BCUT2D eigenvalue weighted by Crippen LogP contribution is -2.39. The maximum absolute atomic E-state index is 11.8. The fraction of sp³-hybridized carbons (Fsp3) is 0.459. The zero-order valence-corrected chi connectivity index (χ0v) is 26.7. The van der Waals surface area contributed by atoms with Gasteiger partial charge in [-0.2, -0.15) is 0 Å². The number of phenols is 1. The monoisotopic (exact) mass is 585 g/mol. The van der Waals surface area contributed by atoms with E-state index in [1.165, 1.54) is 97.9 Å². The van der Waals surface area contributed by atoms with E-state index in [0.717, 1.165) is 35.4 Å². The van der Waals surface area contributed by atoms with Gasteiger partial charge in [0.15, 0.2) is 0 Å². The quantitative estimate of drug-likeness (QED) is 0.169. The molecule has 2 aromatic heterocycles. The smallest absolute Gasteiger partial charge is 0.128 e. The summed E-state index contributed by atoms with van der Waals surface area (Å²) < 4.78 is 0. The largest absolute Gasteiger partial charge is 0.507 e. The first kappa shape index (κ1) is 29.9. The van der Waals surface area contributed by atoms with E-state index in [9.17, 15) is 5.11 Å². The van der Waals surface area contributed by atoms with Crippen LogP contribution < -0.4 is 4.90 Å². The number of benzene rings is 1. The number of hydrogen-bond acceptors (Lipinski definition) is 4. The molecule has 1 atom stereocenters. The summed E-state index contributed by atoms with van der Waals surface area (Å²) in [7, 11) is 0. The minimum atomic E-state index is 0.240. The number of rotatable bonds is 16. The Balaban J connectivity index is 1.49. The SMILES string of the molecule is CCCCCCCCCCc1c(O)c(-c2cccs2)cc2c1C=C1C=C(c3cccs3)C=CC1N2CCCCCC. The molecule has 3 heterocycles. The van der Waals surface area contributed by atoms with E-state index in [-0.39, 0.29) is 6.04 Å². The molecule has 0 bridgehead atoms. The predicted octanol–water partition coefficient (Wildman–Crippen LogP) is 11.7. The average molecular weight is 586 g/mol. The molecule has 0 spiro atoms. The molecule has 1 aliphatic carbocycles. The molecule has 1 aromatic carbocycles. The molecule has 0 fully saturated rings. The van der Waals surface area contributed by atoms with Gasteiger partial charge in [-0.25, -0.2) is 0 Å². The molecular weight excluding hydrogens is 539 g/mol. The van der Waals surface area contributed by atoms with Crippen molar-refractivity contribution in [2.45, 2.75) is 103 Å². The molecule has 1 aliphatic heterocycles. The molecular formula is C37H47NOS2. The number of allylic oxidation sites excluding steroid dienone is 2. The zero-order chi connectivity index (χ0) is 28.4. The lowest BCUT2D eigenvalue weighted by Gasteiger charge is -2.40. The topological polar surface area (TPSA) is 23.5 Å². The van der Waals surface area contributed by atoms with E-state index in [1.807, 2.05) is 0 Å². The van der Waals surface area contributed by atoms with Gasteiger partial charge in [0.25, 0.3) is 0 Å². The molecule has 0 radical (unpaired) electrons. The summed E-state index contributed by atoms with van der Waals surface area (Å²) in [5.74, 6) is 0.490. The van der Waals surface area contributed by atoms with Crippen LogP contribution in [-0.2, 0) is 6.42 Å². The number of fused-ring (bicyclic) bond motifs is 2. The van der Waals surface area contributed by atoms with Crippen LogP contribution in [0.1, 0.15) is 107 Å². The van der Waals surface area contributed by atoms with Crippen LogP contribution >= 0.6 is 22.7 Å². The van der Waals surface area contributed by atoms with Gasteiger partial charge >= 0.3 is 0 Å². The van der Waals surface area contributed by atoms with E-state index in [2.05, 4.69) is 84.1 Å². The van der Waals surface area contributed by atoms with Crippen LogP contribution in [-0.4, -0.2) is 17.7 Å². The first-order valence-electron chi connectivity index (χ1n) is 16.1. The van der Waals surface area contributed by atoms with Crippen molar-refractivity contribution >= 4 is 40.0 Å². The third-order valence-electron chi connectivity index (χ3n) is 8.63. The van der Waals surface area contributed by atoms with Crippen LogP contribution in [0.25, 0.3) is 22.1 Å². The van der Waals surface area contributed by atoms with Gasteiger partial charge in [0, 0.05) is 38.7 Å². The summed E-state index contributed by atoms with van der Waals surface area (Å²) in [6.45, 7) is 5.60. The number of phenolic OH excluding ortho intramolecular Hbond substituents is 1. The molecule has 41 heavy (non-hydrogen) atoms. The van der Waals surface area contributed by atoms with Crippen LogP contribution in [0.2, 0.25) is 0 Å². The van der Waals surface area contributed by atoms with Gasteiger partial charge in [-0.15, -0.1) is 22.7 Å². The van der Waals surface area contributed by atoms with Gasteiger partial charge in [0.2, 0.25) is 0 Å². The summed E-state index contributed by atoms with van der Waals surface area (Å²) in [6, 6.07) is 11.1. The van der Waals surface area contributed by atoms with Gasteiger partial charge < -0.3 is 10.0 Å². The highest BCUT2D eigenvalue weighted by Crippen LogP contribution is 2.47. The van der Waals surface area contributed by atoms with Crippen LogP contribution in [0.5, 0.6) is 5.75 Å². The van der Waals surface area contributed by atoms with Crippen LogP contribution in [0.3, 0.4) is 0 Å². The van der Waals surface area contributed by atoms with Gasteiger partial charge in [-0.1, -0.05) is 102 Å². The van der Waals surface area contributed by atoms with Crippen molar-refractivity contribution in [3.05, 3.63) is 80.9 Å².